The van der Waals surface area contributed by atoms with E-state index in [0.717, 1.165) is 6.42 Å². The second-order valence-electron chi connectivity index (χ2n) is 2.05. The molecule has 3 heteroatoms. The third-order valence-corrected chi connectivity index (χ3v) is 1.44. The molecule has 0 amide bonds. The molecule has 9 heavy (non-hydrogen) atoms. The minimum atomic E-state index is -0.986. The van der Waals surface area contributed by atoms with Crippen molar-refractivity contribution in [1.82, 2.24) is 0 Å². The summed E-state index contributed by atoms with van der Waals surface area (Å²) in [4.78, 5) is 10.1. The number of carbonyl (C=O) groups is 1. The van der Waals surface area contributed by atoms with Crippen LogP contribution in [-0.2, 0) is 4.79 Å². The molecule has 54 valence electrons. The van der Waals surface area contributed by atoms with Crippen LogP contribution in [0.3, 0.4) is 0 Å². The van der Waals surface area contributed by atoms with E-state index in [0.29, 0.717) is 12.3 Å². The van der Waals surface area contributed by atoms with Crippen LogP contribution in [0.25, 0.3) is 0 Å². The van der Waals surface area contributed by atoms with Gasteiger partial charge in [0.15, 0.2) is 0 Å². The van der Waals surface area contributed by atoms with Gasteiger partial charge < -0.3 is 9.90 Å². The molecule has 0 N–H and O–H groups in total. The number of carboxylic acids is 1. The minimum absolute atomic E-state index is 0.358. The largest absolute Gasteiger partial charge is 0.550 e. The van der Waals surface area contributed by atoms with E-state index in [4.69, 9.17) is 11.6 Å². The molecule has 0 unspecified atom stereocenters. The average Bonchev–Trinajstić information content (AvgIpc) is 1.82. The maximum absolute atomic E-state index is 10.1. The van der Waals surface area contributed by atoms with E-state index in [9.17, 15) is 9.90 Å². The fourth-order valence-corrected chi connectivity index (χ4v) is 0.655. The molecule has 0 saturated carbocycles. The highest BCUT2D eigenvalue weighted by molar-refractivity contribution is 6.17. The van der Waals surface area contributed by atoms with Crippen molar-refractivity contribution in [2.75, 3.05) is 5.88 Å². The van der Waals surface area contributed by atoms with Gasteiger partial charge in [-0.15, -0.1) is 11.6 Å². The summed E-state index contributed by atoms with van der Waals surface area (Å²) in [5, 5.41) is 10.1. The van der Waals surface area contributed by atoms with Crippen molar-refractivity contribution in [2.45, 2.75) is 19.8 Å². The van der Waals surface area contributed by atoms with Gasteiger partial charge in [0.1, 0.15) is 0 Å². The van der Waals surface area contributed by atoms with E-state index in [1.165, 1.54) is 0 Å². The summed E-state index contributed by atoms with van der Waals surface area (Å²) in [6.45, 7) is 1.63. The second-order valence-corrected chi connectivity index (χ2v) is 2.43. The third-order valence-electron chi connectivity index (χ3n) is 1.17. The van der Waals surface area contributed by atoms with Gasteiger partial charge >= 0.3 is 0 Å². The lowest BCUT2D eigenvalue weighted by Gasteiger charge is -2.09. The maximum atomic E-state index is 10.1. The van der Waals surface area contributed by atoms with E-state index in [-0.39, 0.29) is 5.92 Å². The number of aliphatic carboxylic acids is 1. The summed E-state index contributed by atoms with van der Waals surface area (Å²) in [7, 11) is 0. The minimum Gasteiger partial charge on any atom is -0.550 e. The smallest absolute Gasteiger partial charge is 0.0442 e. The van der Waals surface area contributed by atoms with E-state index in [2.05, 4.69) is 0 Å². The first-order valence-electron chi connectivity index (χ1n) is 2.95. The molecule has 0 heterocycles. The van der Waals surface area contributed by atoms with Gasteiger partial charge in [-0.1, -0.05) is 6.92 Å². The molecule has 0 fully saturated rings. The van der Waals surface area contributed by atoms with Crippen LogP contribution in [0.4, 0.5) is 0 Å². The summed E-state index contributed by atoms with van der Waals surface area (Å²) in [6.07, 6.45) is 1.36. The maximum Gasteiger partial charge on any atom is 0.0442 e. The van der Waals surface area contributed by atoms with E-state index in [1.807, 2.05) is 0 Å². The number of carbonyl (C=O) groups excluding carboxylic acids is 1. The van der Waals surface area contributed by atoms with E-state index < -0.39 is 5.97 Å². The Hall–Kier alpha value is -0.240. The van der Waals surface area contributed by atoms with Crippen molar-refractivity contribution in [2.24, 2.45) is 5.92 Å². The third kappa shape index (κ3) is 4.28. The molecule has 0 radical (unpaired) electrons. The van der Waals surface area contributed by atoms with Crippen LogP contribution in [0.2, 0.25) is 0 Å². The van der Waals surface area contributed by atoms with Gasteiger partial charge in [-0.05, 0) is 18.8 Å². The Morgan fingerprint density at radius 1 is 1.78 bits per heavy atom. The Morgan fingerprint density at radius 3 is 2.67 bits per heavy atom. The molecule has 0 aliphatic rings. The predicted molar refractivity (Wildman–Crippen MR) is 34.1 cm³/mol. The van der Waals surface area contributed by atoms with Crippen molar-refractivity contribution in [3.05, 3.63) is 0 Å². The quantitative estimate of drug-likeness (QED) is 0.543. The first-order valence-corrected chi connectivity index (χ1v) is 3.48. The Kier molecular flexibility index (Phi) is 4.50. The number of hydrogen-bond acceptors (Lipinski definition) is 2. The first-order chi connectivity index (χ1) is 4.18. The fraction of sp³-hybridized carbons (Fsp3) is 0.833. The van der Waals surface area contributed by atoms with Gasteiger partial charge in [0.25, 0.3) is 0 Å². The molecule has 0 rings (SSSR count). The lowest BCUT2D eigenvalue weighted by molar-refractivity contribution is -0.311. The summed E-state index contributed by atoms with van der Waals surface area (Å²) in [5.41, 5.74) is 0. The van der Waals surface area contributed by atoms with Crippen molar-refractivity contribution in [1.29, 1.82) is 0 Å². The highest BCUT2D eigenvalue weighted by atomic mass is 35.5. The Balaban J connectivity index is 3.27. The van der Waals surface area contributed by atoms with Crippen molar-refractivity contribution >= 4 is 17.6 Å². The SMILES string of the molecule is C[C@@H](CCCCl)C(=O)[O-]. The highest BCUT2D eigenvalue weighted by Gasteiger charge is 1.99. The lowest BCUT2D eigenvalue weighted by atomic mass is 10.1. The molecule has 2 nitrogen and oxygen atoms in total. The zero-order valence-corrected chi connectivity index (χ0v) is 6.15. The van der Waals surface area contributed by atoms with Gasteiger partial charge in [0, 0.05) is 11.8 Å². The molecule has 0 saturated heterocycles. The first kappa shape index (κ1) is 8.76. The summed E-state index contributed by atoms with van der Waals surface area (Å²) >= 11 is 5.34. The van der Waals surface area contributed by atoms with Crippen LogP contribution in [0.5, 0.6) is 0 Å². The van der Waals surface area contributed by atoms with Crippen LogP contribution in [0.1, 0.15) is 19.8 Å². The summed E-state index contributed by atoms with van der Waals surface area (Å²) in [6, 6.07) is 0. The molecule has 0 aromatic rings. The summed E-state index contributed by atoms with van der Waals surface area (Å²) in [5.74, 6) is -0.818. The van der Waals surface area contributed by atoms with Crippen molar-refractivity contribution < 1.29 is 9.90 Å². The lowest BCUT2D eigenvalue weighted by Crippen LogP contribution is -2.29. The van der Waals surface area contributed by atoms with Gasteiger partial charge in [0.05, 0.1) is 0 Å². The number of halogens is 1. The van der Waals surface area contributed by atoms with Gasteiger partial charge in [0.2, 0.25) is 0 Å². The molecule has 0 aliphatic heterocycles. The van der Waals surface area contributed by atoms with Crippen LogP contribution < -0.4 is 5.11 Å². The molecule has 0 aliphatic carbocycles. The van der Waals surface area contributed by atoms with Crippen LogP contribution in [-0.4, -0.2) is 11.8 Å². The van der Waals surface area contributed by atoms with Crippen LogP contribution >= 0.6 is 11.6 Å². The Labute approximate surface area is 59.8 Å². The highest BCUT2D eigenvalue weighted by Crippen LogP contribution is 2.04. The van der Waals surface area contributed by atoms with Gasteiger partial charge in [-0.2, -0.15) is 0 Å². The van der Waals surface area contributed by atoms with E-state index in [1.54, 1.807) is 6.92 Å². The normalized spacial score (nSPS) is 13.1. The topological polar surface area (TPSA) is 40.1 Å². The van der Waals surface area contributed by atoms with Gasteiger partial charge in [-0.3, -0.25) is 0 Å². The molecule has 0 aromatic carbocycles. The fourth-order valence-electron chi connectivity index (χ4n) is 0.501. The molecule has 0 bridgehead atoms. The molecular weight excluding hydrogens is 140 g/mol. The number of carboxylic acid groups (broad SMARTS) is 1. The van der Waals surface area contributed by atoms with Crippen LogP contribution in [0.15, 0.2) is 0 Å². The summed E-state index contributed by atoms with van der Waals surface area (Å²) < 4.78 is 0. The van der Waals surface area contributed by atoms with Crippen molar-refractivity contribution in [3.8, 4) is 0 Å². The van der Waals surface area contributed by atoms with Crippen molar-refractivity contribution in [3.63, 3.8) is 0 Å². The van der Waals surface area contributed by atoms with E-state index >= 15 is 0 Å². The standard InChI is InChI=1S/C6H11ClO2/c1-5(6(8)9)3-2-4-7/h5H,2-4H2,1H3,(H,8,9)/p-1/t5-/m0/s1. The predicted octanol–water partition coefficient (Wildman–Crippen LogP) is 0.391. The monoisotopic (exact) mass is 149 g/mol. The molecule has 0 spiro atoms. The molecule has 0 aromatic heterocycles. The zero-order chi connectivity index (χ0) is 7.28. The molecule has 1 atom stereocenters. The van der Waals surface area contributed by atoms with Crippen LogP contribution in [0, 0.1) is 5.92 Å². The average molecular weight is 150 g/mol. The van der Waals surface area contributed by atoms with Gasteiger partial charge in [-0.25, -0.2) is 0 Å². The molecular formula is C6H10ClO2-. The number of hydrogen-bond donors (Lipinski definition) is 0. The zero-order valence-electron chi connectivity index (χ0n) is 5.39. The number of rotatable bonds is 4. The number of alkyl halides is 1. The second kappa shape index (κ2) is 4.62. The Morgan fingerprint density at radius 2 is 2.33 bits per heavy atom. The Bertz CT molecular complexity index is 93.1.